The highest BCUT2D eigenvalue weighted by Gasteiger charge is 2.19. The SMILES string of the molecule is CC#CCNC(=O)C(C)C(=O)NCC. The van der Waals surface area contributed by atoms with Crippen LogP contribution in [0.5, 0.6) is 0 Å². The lowest BCUT2D eigenvalue weighted by molar-refractivity contribution is -0.134. The van der Waals surface area contributed by atoms with Gasteiger partial charge < -0.3 is 10.6 Å². The van der Waals surface area contributed by atoms with Crippen LogP contribution in [-0.4, -0.2) is 24.9 Å². The average Bonchev–Trinajstić information content (AvgIpc) is 2.17. The molecule has 0 aliphatic rings. The number of carbonyl (C=O) groups is 2. The molecule has 0 aromatic rings. The summed E-state index contributed by atoms with van der Waals surface area (Å²) in [4.78, 5) is 22.5. The molecule has 0 spiro atoms. The third-order valence-electron chi connectivity index (χ3n) is 1.67. The minimum absolute atomic E-state index is 0.255. The van der Waals surface area contributed by atoms with E-state index in [0.717, 1.165) is 0 Å². The first-order valence-electron chi connectivity index (χ1n) is 4.58. The van der Waals surface area contributed by atoms with Gasteiger partial charge in [-0.1, -0.05) is 5.92 Å². The third kappa shape index (κ3) is 4.51. The second-order valence-electron chi connectivity index (χ2n) is 2.76. The molecule has 2 N–H and O–H groups in total. The van der Waals surface area contributed by atoms with Gasteiger partial charge in [0.05, 0.1) is 6.54 Å². The van der Waals surface area contributed by atoms with Crippen molar-refractivity contribution in [3.8, 4) is 11.8 Å². The maximum atomic E-state index is 11.3. The van der Waals surface area contributed by atoms with Crippen LogP contribution in [0.4, 0.5) is 0 Å². The lowest BCUT2D eigenvalue weighted by Gasteiger charge is -2.09. The molecule has 0 aromatic carbocycles. The maximum absolute atomic E-state index is 11.3. The van der Waals surface area contributed by atoms with E-state index in [-0.39, 0.29) is 11.8 Å². The monoisotopic (exact) mass is 196 g/mol. The Morgan fingerprint density at radius 1 is 1.29 bits per heavy atom. The van der Waals surface area contributed by atoms with E-state index in [1.165, 1.54) is 0 Å². The zero-order valence-electron chi connectivity index (χ0n) is 8.81. The van der Waals surface area contributed by atoms with Gasteiger partial charge in [0.2, 0.25) is 11.8 Å². The Balaban J connectivity index is 3.96. The first-order chi connectivity index (χ1) is 6.63. The second kappa shape index (κ2) is 6.96. The molecule has 4 nitrogen and oxygen atoms in total. The molecule has 0 saturated carbocycles. The third-order valence-corrected chi connectivity index (χ3v) is 1.67. The van der Waals surface area contributed by atoms with Gasteiger partial charge in [0, 0.05) is 6.54 Å². The average molecular weight is 196 g/mol. The Morgan fingerprint density at radius 2 is 1.86 bits per heavy atom. The summed E-state index contributed by atoms with van der Waals surface area (Å²) in [6.07, 6.45) is 0. The molecule has 0 aliphatic heterocycles. The van der Waals surface area contributed by atoms with E-state index >= 15 is 0 Å². The van der Waals surface area contributed by atoms with Crippen molar-refractivity contribution in [3.63, 3.8) is 0 Å². The number of hydrogen-bond acceptors (Lipinski definition) is 2. The van der Waals surface area contributed by atoms with Gasteiger partial charge in [-0.05, 0) is 20.8 Å². The Hall–Kier alpha value is -1.50. The minimum Gasteiger partial charge on any atom is -0.356 e. The van der Waals surface area contributed by atoms with Crippen LogP contribution >= 0.6 is 0 Å². The summed E-state index contributed by atoms with van der Waals surface area (Å²) < 4.78 is 0. The molecule has 0 rings (SSSR count). The predicted molar refractivity (Wildman–Crippen MR) is 54.3 cm³/mol. The van der Waals surface area contributed by atoms with Gasteiger partial charge in [-0.3, -0.25) is 9.59 Å². The van der Waals surface area contributed by atoms with Gasteiger partial charge in [-0.25, -0.2) is 0 Å². The molecule has 78 valence electrons. The molecule has 0 radical (unpaired) electrons. The molecule has 0 aromatic heterocycles. The van der Waals surface area contributed by atoms with Crippen molar-refractivity contribution in [2.45, 2.75) is 20.8 Å². The lowest BCUT2D eigenvalue weighted by Crippen LogP contribution is -2.39. The van der Waals surface area contributed by atoms with Crippen molar-refractivity contribution in [3.05, 3.63) is 0 Å². The van der Waals surface area contributed by atoms with Crippen molar-refractivity contribution < 1.29 is 9.59 Å². The van der Waals surface area contributed by atoms with Crippen LogP contribution in [0.2, 0.25) is 0 Å². The largest absolute Gasteiger partial charge is 0.356 e. The van der Waals surface area contributed by atoms with Crippen molar-refractivity contribution >= 4 is 11.8 Å². The highest BCUT2D eigenvalue weighted by atomic mass is 16.2. The first kappa shape index (κ1) is 12.5. The minimum atomic E-state index is -0.659. The van der Waals surface area contributed by atoms with E-state index < -0.39 is 5.92 Å². The molecular weight excluding hydrogens is 180 g/mol. The van der Waals surface area contributed by atoms with Crippen LogP contribution in [0.25, 0.3) is 0 Å². The highest BCUT2D eigenvalue weighted by molar-refractivity contribution is 5.99. The van der Waals surface area contributed by atoms with Gasteiger partial charge in [-0.15, -0.1) is 5.92 Å². The molecule has 0 fully saturated rings. The topological polar surface area (TPSA) is 58.2 Å². The van der Waals surface area contributed by atoms with Gasteiger partial charge in [0.25, 0.3) is 0 Å². The highest BCUT2D eigenvalue weighted by Crippen LogP contribution is 1.93. The molecule has 2 amide bonds. The summed E-state index contributed by atoms with van der Waals surface area (Å²) in [5.41, 5.74) is 0. The van der Waals surface area contributed by atoms with Crippen LogP contribution in [-0.2, 0) is 9.59 Å². The number of rotatable bonds is 4. The summed E-state index contributed by atoms with van der Waals surface area (Å²) >= 11 is 0. The van der Waals surface area contributed by atoms with Crippen LogP contribution in [0.3, 0.4) is 0 Å². The zero-order valence-corrected chi connectivity index (χ0v) is 8.81. The summed E-state index contributed by atoms with van der Waals surface area (Å²) in [6.45, 7) is 5.90. The Labute approximate surface area is 84.4 Å². The van der Waals surface area contributed by atoms with Crippen molar-refractivity contribution in [2.75, 3.05) is 13.1 Å². The number of nitrogens with one attached hydrogen (secondary N) is 2. The molecule has 0 aliphatic carbocycles. The molecule has 14 heavy (non-hydrogen) atoms. The fourth-order valence-electron chi connectivity index (χ4n) is 0.819. The smallest absolute Gasteiger partial charge is 0.233 e. The molecule has 4 heteroatoms. The van der Waals surface area contributed by atoms with Crippen LogP contribution in [0, 0.1) is 17.8 Å². The van der Waals surface area contributed by atoms with E-state index in [2.05, 4.69) is 22.5 Å². The molecule has 0 saturated heterocycles. The van der Waals surface area contributed by atoms with E-state index in [0.29, 0.717) is 13.1 Å². The van der Waals surface area contributed by atoms with Crippen LogP contribution in [0.15, 0.2) is 0 Å². The summed E-state index contributed by atoms with van der Waals surface area (Å²) in [5.74, 6) is 4.14. The van der Waals surface area contributed by atoms with Crippen molar-refractivity contribution in [1.82, 2.24) is 10.6 Å². The Kier molecular flexibility index (Phi) is 6.21. The quantitative estimate of drug-likeness (QED) is 0.487. The number of carbonyl (C=O) groups excluding carboxylic acids is 2. The van der Waals surface area contributed by atoms with Gasteiger partial charge in [0.15, 0.2) is 0 Å². The molecule has 0 bridgehead atoms. The molecule has 1 unspecified atom stereocenters. The molecule has 0 heterocycles. The van der Waals surface area contributed by atoms with Gasteiger partial charge >= 0.3 is 0 Å². The summed E-state index contributed by atoms with van der Waals surface area (Å²) in [5, 5.41) is 5.13. The maximum Gasteiger partial charge on any atom is 0.233 e. The van der Waals surface area contributed by atoms with E-state index in [9.17, 15) is 9.59 Å². The van der Waals surface area contributed by atoms with Gasteiger partial charge in [0.1, 0.15) is 5.92 Å². The summed E-state index contributed by atoms with van der Waals surface area (Å²) in [7, 11) is 0. The Bertz CT molecular complexity index is 263. The molecular formula is C10H16N2O2. The first-order valence-corrected chi connectivity index (χ1v) is 4.58. The zero-order chi connectivity index (χ0) is 11.0. The fraction of sp³-hybridized carbons (Fsp3) is 0.600. The van der Waals surface area contributed by atoms with E-state index in [4.69, 9.17) is 0 Å². The standard InChI is InChI=1S/C10H16N2O2/c1-4-6-7-12-10(14)8(3)9(13)11-5-2/h8H,5,7H2,1-3H3,(H,11,13)(H,12,14). The fourth-order valence-corrected chi connectivity index (χ4v) is 0.819. The number of amides is 2. The van der Waals surface area contributed by atoms with Crippen molar-refractivity contribution in [1.29, 1.82) is 0 Å². The van der Waals surface area contributed by atoms with Crippen LogP contribution in [0.1, 0.15) is 20.8 Å². The van der Waals surface area contributed by atoms with E-state index in [1.54, 1.807) is 13.8 Å². The molecule has 1 atom stereocenters. The van der Waals surface area contributed by atoms with Crippen LogP contribution < -0.4 is 10.6 Å². The Morgan fingerprint density at radius 3 is 2.36 bits per heavy atom. The van der Waals surface area contributed by atoms with Gasteiger partial charge in [-0.2, -0.15) is 0 Å². The lowest BCUT2D eigenvalue weighted by atomic mass is 10.1. The number of hydrogen-bond donors (Lipinski definition) is 2. The summed E-state index contributed by atoms with van der Waals surface area (Å²) in [6, 6.07) is 0. The second-order valence-corrected chi connectivity index (χ2v) is 2.76. The predicted octanol–water partition coefficient (Wildman–Crippen LogP) is -0.102. The normalized spacial score (nSPS) is 10.8. The van der Waals surface area contributed by atoms with Crippen molar-refractivity contribution in [2.24, 2.45) is 5.92 Å². The van der Waals surface area contributed by atoms with E-state index in [1.807, 2.05) is 6.92 Å².